The molecular weight excluding hydrogens is 887 g/mol. The van der Waals surface area contributed by atoms with E-state index in [0.29, 0.717) is 57.2 Å². The smallest absolute Gasteiger partial charge is 0.330 e. The van der Waals surface area contributed by atoms with Crippen molar-refractivity contribution in [1.29, 1.82) is 0 Å². The van der Waals surface area contributed by atoms with Crippen LogP contribution in [0.4, 0.5) is 0 Å². The van der Waals surface area contributed by atoms with E-state index >= 15 is 0 Å². The van der Waals surface area contributed by atoms with E-state index in [-0.39, 0.29) is 38.5 Å². The molecule has 14 fully saturated rings. The Kier molecular flexibility index (Phi) is 16.4. The van der Waals surface area contributed by atoms with Crippen LogP contribution in [0.5, 0.6) is 0 Å². The number of rotatable bonds is 21. The van der Waals surface area contributed by atoms with Crippen LogP contribution < -0.4 is 5.73 Å². The maximum atomic E-state index is 12.6. The lowest BCUT2D eigenvalue weighted by Gasteiger charge is -2.57. The monoisotopic (exact) mass is 972 g/mol. The zero-order valence-electron chi connectivity index (χ0n) is 42.4. The van der Waals surface area contributed by atoms with Gasteiger partial charge in [-0.2, -0.15) is 0 Å². The fourth-order valence-corrected chi connectivity index (χ4v) is 17.9. The quantitative estimate of drug-likeness (QED) is 0.0852. The first-order valence-electron chi connectivity index (χ1n) is 28.5. The summed E-state index contributed by atoms with van der Waals surface area (Å²) in [5.41, 5.74) is 7.65. The van der Waals surface area contributed by atoms with E-state index in [2.05, 4.69) is 0 Å². The molecule has 13 heteroatoms. The molecule has 2 heterocycles. The summed E-state index contributed by atoms with van der Waals surface area (Å²) in [7, 11) is 0. The number of imide groups is 2. The second kappa shape index (κ2) is 22.3. The number of carbonyl (C=O) groups is 8. The molecule has 0 aromatic heterocycles. The Balaban J connectivity index is 0.000000144. The van der Waals surface area contributed by atoms with Crippen molar-refractivity contribution in [2.75, 3.05) is 6.54 Å². The number of nitrogens with zero attached hydrogens (tertiary/aromatic N) is 2. The summed E-state index contributed by atoms with van der Waals surface area (Å²) < 4.78 is 0. The minimum absolute atomic E-state index is 0.00476. The molecule has 14 aliphatic rings. The van der Waals surface area contributed by atoms with Crippen molar-refractivity contribution in [1.82, 2.24) is 10.1 Å². The van der Waals surface area contributed by atoms with Crippen molar-refractivity contribution in [2.24, 2.45) is 75.2 Å². The Bertz CT molecular complexity index is 1720. The van der Waals surface area contributed by atoms with Crippen LogP contribution in [-0.2, 0) is 48.0 Å². The first-order chi connectivity index (χ1) is 33.6. The van der Waals surface area contributed by atoms with Crippen LogP contribution in [0.15, 0.2) is 0 Å². The maximum absolute atomic E-state index is 12.6. The van der Waals surface area contributed by atoms with Crippen molar-refractivity contribution < 1.29 is 48.0 Å². The first-order valence-corrected chi connectivity index (χ1v) is 28.5. The number of ketones is 2. The van der Waals surface area contributed by atoms with Gasteiger partial charge in [-0.25, -0.2) is 9.59 Å². The van der Waals surface area contributed by atoms with Crippen molar-refractivity contribution in [2.45, 2.75) is 231 Å². The number of Topliss-reactive ketones (excluding diaryl/α,β-unsaturated/α-hetero) is 2. The summed E-state index contributed by atoms with van der Waals surface area (Å²) in [4.78, 5) is 103. The molecule has 2 N–H and O–H groups in total. The second-order valence-corrected chi connectivity index (χ2v) is 25.7. The number of hydroxylamine groups is 4. The lowest BCUT2D eigenvalue weighted by Crippen LogP contribution is -2.49. The highest BCUT2D eigenvalue weighted by Crippen LogP contribution is 2.63. The minimum Gasteiger partial charge on any atom is -0.330 e. The normalized spacial score (nSPS) is 36.8. The van der Waals surface area contributed by atoms with Crippen LogP contribution >= 0.6 is 0 Å². The largest absolute Gasteiger partial charge is 0.333 e. The Labute approximate surface area is 416 Å². The van der Waals surface area contributed by atoms with E-state index in [4.69, 9.17) is 15.4 Å². The van der Waals surface area contributed by atoms with E-state index < -0.39 is 35.6 Å². The number of hydrogen-bond donors (Lipinski definition) is 1. The molecule has 0 spiro atoms. The van der Waals surface area contributed by atoms with E-state index in [1.807, 2.05) is 0 Å². The van der Waals surface area contributed by atoms with Crippen LogP contribution in [0.3, 0.4) is 0 Å². The Morgan fingerprint density at radius 3 is 0.914 bits per heavy atom. The van der Waals surface area contributed by atoms with Crippen molar-refractivity contribution in [3.63, 3.8) is 0 Å². The van der Waals surface area contributed by atoms with Gasteiger partial charge in [-0.15, -0.1) is 10.1 Å². The van der Waals surface area contributed by atoms with Gasteiger partial charge in [0.2, 0.25) is 0 Å². The predicted octanol–water partition coefficient (Wildman–Crippen LogP) is 10.4. The molecule has 388 valence electrons. The summed E-state index contributed by atoms with van der Waals surface area (Å²) >= 11 is 0. The molecule has 0 atom stereocenters. The van der Waals surface area contributed by atoms with Gasteiger partial charge in [-0.05, 0) is 230 Å². The lowest BCUT2D eigenvalue weighted by molar-refractivity contribution is -0.197. The average molecular weight is 972 g/mol. The molecule has 4 amide bonds. The first kappa shape index (κ1) is 51.4. The molecule has 12 saturated carbocycles. The topological polar surface area (TPSA) is 188 Å². The molecule has 70 heavy (non-hydrogen) atoms. The third-order valence-electron chi connectivity index (χ3n) is 19.9. The number of amides is 4. The Morgan fingerprint density at radius 1 is 0.386 bits per heavy atom. The third kappa shape index (κ3) is 12.8. The second-order valence-electron chi connectivity index (χ2n) is 25.7. The highest BCUT2D eigenvalue weighted by molar-refractivity contribution is 6.02. The highest BCUT2D eigenvalue weighted by atomic mass is 16.7. The van der Waals surface area contributed by atoms with Crippen LogP contribution in [-0.4, -0.2) is 63.8 Å². The fraction of sp³-hybridized carbons (Fsp3) is 0.860. The molecule has 2 saturated heterocycles. The van der Waals surface area contributed by atoms with Crippen LogP contribution in [0.2, 0.25) is 0 Å². The van der Waals surface area contributed by atoms with Gasteiger partial charge in [0.15, 0.2) is 0 Å². The van der Waals surface area contributed by atoms with Gasteiger partial charge in [0.25, 0.3) is 23.6 Å². The van der Waals surface area contributed by atoms with Gasteiger partial charge in [0.05, 0.1) is 0 Å². The molecule has 14 rings (SSSR count). The molecule has 0 unspecified atom stereocenters. The summed E-state index contributed by atoms with van der Waals surface area (Å²) in [5.74, 6) is 6.63. The van der Waals surface area contributed by atoms with Crippen molar-refractivity contribution in [3.05, 3.63) is 0 Å². The van der Waals surface area contributed by atoms with Crippen LogP contribution in [0, 0.1) is 69.5 Å². The molecule has 0 aromatic carbocycles. The molecule has 0 aromatic rings. The molecular formula is C57H85N3O10. The van der Waals surface area contributed by atoms with Gasteiger partial charge in [-0.1, -0.05) is 12.8 Å². The zero-order chi connectivity index (χ0) is 49.0. The molecule has 12 aliphatic carbocycles. The van der Waals surface area contributed by atoms with E-state index in [0.717, 1.165) is 105 Å². The molecule has 0 radical (unpaired) electrons. The third-order valence-corrected chi connectivity index (χ3v) is 19.9. The Hall–Kier alpha value is -3.48. The van der Waals surface area contributed by atoms with Crippen molar-refractivity contribution >= 4 is 47.1 Å². The number of nitrogens with two attached hydrogens (primary N) is 1. The maximum Gasteiger partial charge on any atom is 0.333 e. The fourth-order valence-electron chi connectivity index (χ4n) is 17.9. The average Bonchev–Trinajstić information content (AvgIpc) is 3.79. The highest BCUT2D eigenvalue weighted by Gasteiger charge is 2.53. The molecule has 2 aliphatic heterocycles. The predicted molar refractivity (Wildman–Crippen MR) is 260 cm³/mol. The van der Waals surface area contributed by atoms with Crippen LogP contribution in [0.25, 0.3) is 0 Å². The van der Waals surface area contributed by atoms with E-state index in [1.165, 1.54) is 128 Å². The van der Waals surface area contributed by atoms with Crippen LogP contribution in [0.1, 0.15) is 231 Å². The summed E-state index contributed by atoms with van der Waals surface area (Å²) in [6.07, 6.45) is 36.6. The van der Waals surface area contributed by atoms with Gasteiger partial charge < -0.3 is 15.4 Å². The number of hydrogen-bond acceptors (Lipinski definition) is 11. The Morgan fingerprint density at radius 2 is 0.643 bits per heavy atom. The van der Waals surface area contributed by atoms with Crippen molar-refractivity contribution in [3.8, 4) is 0 Å². The van der Waals surface area contributed by atoms with Gasteiger partial charge in [-0.3, -0.25) is 28.8 Å². The minimum atomic E-state index is -0.695. The number of carbonyl (C=O) groups excluding carboxylic acids is 8. The van der Waals surface area contributed by atoms with Gasteiger partial charge >= 0.3 is 11.9 Å². The number of unbranched alkanes of at least 4 members (excludes halogenated alkanes) is 4. The SMILES string of the molecule is NCC12CC3CC(CC(C3)C1)C2.O=C(CCCCCC(=O)CCC12CC3CC(CC(C3)C1)C2)CCC12CC3CC(CC(C3)C1)C2.O=C(CCCCCC(=O)ON1C(=O)CCC1=O)ON1C(=O)CCC1=O. The standard InChI is InChI=1S/C31H48O2.C15H18N2O8.C11H19N/c32-28(6-8-30-16-22-10-23(17-30)12-24(11-22)18-30)4-2-1-3-5-29(33)7-9-31-19-25-13-26(20-31)15-27(14-25)21-31;18-10-6-7-11(19)16(10)24-14(22)4-2-1-3-5-15(23)25-17-12(20)8-9-13(17)21;12-7-11-4-8-1-9(5-11)3-10(2-8)6-11/h22-27H,1-21H2;1-9H2;8-10H,1-7,12H2. The van der Waals surface area contributed by atoms with E-state index in [1.54, 1.807) is 0 Å². The van der Waals surface area contributed by atoms with Gasteiger partial charge in [0, 0.05) is 64.2 Å². The molecule has 13 nitrogen and oxygen atoms in total. The molecule has 12 bridgehead atoms. The van der Waals surface area contributed by atoms with Gasteiger partial charge in [0.1, 0.15) is 11.6 Å². The summed E-state index contributed by atoms with van der Waals surface area (Å²) in [6, 6.07) is 0. The lowest BCUT2D eigenvalue weighted by atomic mass is 9.48. The summed E-state index contributed by atoms with van der Waals surface area (Å²) in [6.45, 7) is 0.969. The van der Waals surface area contributed by atoms with E-state index in [9.17, 15) is 38.4 Å². The summed E-state index contributed by atoms with van der Waals surface area (Å²) in [5, 5.41) is 0.980. The zero-order valence-corrected chi connectivity index (χ0v) is 42.4.